The Hall–Kier alpha value is -3.66. The van der Waals surface area contributed by atoms with Crippen molar-refractivity contribution < 1.29 is 9.47 Å². The van der Waals surface area contributed by atoms with E-state index in [4.69, 9.17) is 9.47 Å². The Balaban J connectivity index is 1.76. The Morgan fingerprint density at radius 1 is 1.12 bits per heavy atom. The Bertz CT molecular complexity index is 1270. The highest BCUT2D eigenvalue weighted by Crippen LogP contribution is 2.53. The summed E-state index contributed by atoms with van der Waals surface area (Å²) >= 11 is 0. The molecule has 3 aromatic rings. The van der Waals surface area contributed by atoms with Crippen molar-refractivity contribution in [2.75, 3.05) is 24.3 Å². The summed E-state index contributed by atoms with van der Waals surface area (Å²) in [5, 5.41) is 7.09. The van der Waals surface area contributed by atoms with E-state index in [9.17, 15) is 0 Å². The van der Waals surface area contributed by atoms with Gasteiger partial charge in [-0.25, -0.2) is 0 Å². The molecule has 0 radical (unpaired) electrons. The average molecular weight is 439 g/mol. The zero-order valence-corrected chi connectivity index (χ0v) is 19.7. The lowest BCUT2D eigenvalue weighted by Crippen LogP contribution is -2.32. The first kappa shape index (κ1) is 21.2. The smallest absolute Gasteiger partial charge is 0.150 e. The minimum atomic E-state index is -0.244. The van der Waals surface area contributed by atoms with E-state index in [0.29, 0.717) is 6.54 Å². The van der Waals surface area contributed by atoms with Crippen molar-refractivity contribution in [3.05, 3.63) is 90.0 Å². The van der Waals surface area contributed by atoms with Gasteiger partial charge in [0, 0.05) is 29.0 Å². The maximum Gasteiger partial charge on any atom is 0.150 e. The van der Waals surface area contributed by atoms with Gasteiger partial charge in [-0.05, 0) is 67.8 Å². The zero-order valence-electron chi connectivity index (χ0n) is 19.7. The average Bonchev–Trinajstić information content (AvgIpc) is 2.80. The number of hydrogen-bond acceptors (Lipinski definition) is 4. The number of rotatable bonds is 5. The van der Waals surface area contributed by atoms with E-state index in [1.807, 2.05) is 24.3 Å². The molecule has 1 atom stereocenters. The van der Waals surface area contributed by atoms with Crippen LogP contribution in [0.5, 0.6) is 11.5 Å². The summed E-state index contributed by atoms with van der Waals surface area (Å²) in [6, 6.07) is 18.8. The Kier molecular flexibility index (Phi) is 5.16. The molecule has 0 fully saturated rings. The van der Waals surface area contributed by atoms with Crippen LogP contribution in [-0.4, -0.2) is 19.2 Å². The van der Waals surface area contributed by atoms with Crippen molar-refractivity contribution >= 4 is 16.9 Å². The highest BCUT2D eigenvalue weighted by molar-refractivity contribution is 5.91. The molecule has 0 amide bonds. The van der Waals surface area contributed by atoms with Gasteiger partial charge in [0.05, 0.1) is 18.2 Å². The lowest BCUT2D eigenvalue weighted by molar-refractivity contribution is 0.242. The molecule has 2 heterocycles. The minimum absolute atomic E-state index is 0.111. The summed E-state index contributed by atoms with van der Waals surface area (Å²) in [6.45, 7) is 11.1. The maximum absolute atomic E-state index is 6.73. The summed E-state index contributed by atoms with van der Waals surface area (Å²) in [7, 11) is 1.71. The van der Waals surface area contributed by atoms with Crippen LogP contribution >= 0.6 is 0 Å². The van der Waals surface area contributed by atoms with Crippen LogP contribution in [0, 0.1) is 0 Å². The Morgan fingerprint density at radius 3 is 2.73 bits per heavy atom. The van der Waals surface area contributed by atoms with E-state index >= 15 is 0 Å². The van der Waals surface area contributed by atoms with Gasteiger partial charge in [0.2, 0.25) is 0 Å². The maximum atomic E-state index is 6.73. The fraction of sp³-hybridized carbons (Fsp3) is 0.241. The van der Waals surface area contributed by atoms with Gasteiger partial charge in [0.15, 0.2) is 6.10 Å². The van der Waals surface area contributed by atoms with E-state index < -0.39 is 0 Å². The van der Waals surface area contributed by atoms with Crippen LogP contribution in [-0.2, 0) is 0 Å². The highest BCUT2D eigenvalue weighted by atomic mass is 16.5. The van der Waals surface area contributed by atoms with Crippen LogP contribution in [0.15, 0.2) is 73.3 Å². The molecule has 5 rings (SSSR count). The molecule has 33 heavy (non-hydrogen) atoms. The SMILES string of the molecule is C=CCNc1cccc(C2Oc3cccc(OC)c3-c3ccc4c(c32)C(C)=CC(C)(C)N4)c1. The number of nitrogens with one attached hydrogen (secondary N) is 2. The van der Waals surface area contributed by atoms with Gasteiger partial charge in [-0.2, -0.15) is 0 Å². The fourth-order valence-corrected chi connectivity index (χ4v) is 5.10. The van der Waals surface area contributed by atoms with Crippen molar-refractivity contribution in [1.29, 1.82) is 0 Å². The van der Waals surface area contributed by atoms with Crippen molar-refractivity contribution in [1.82, 2.24) is 0 Å². The van der Waals surface area contributed by atoms with Crippen molar-refractivity contribution in [3.8, 4) is 22.6 Å². The molecule has 2 aliphatic heterocycles. The summed E-state index contributed by atoms with van der Waals surface area (Å²) in [4.78, 5) is 0. The summed E-state index contributed by atoms with van der Waals surface area (Å²) in [5.41, 5.74) is 8.95. The zero-order chi connectivity index (χ0) is 23.2. The fourth-order valence-electron chi connectivity index (χ4n) is 5.10. The second-order valence-corrected chi connectivity index (χ2v) is 9.25. The molecule has 0 saturated carbocycles. The normalized spacial score (nSPS) is 17.3. The standard InChI is InChI=1S/C29H30N2O2/c1-6-15-30-20-10-7-9-19(16-20)28-27-21(26-23(32-5)11-8-12-24(26)33-28)13-14-22-25(27)18(2)17-29(3,4)31-22/h6-14,16-17,28,30-31H,1,15H2,2-5H3. The van der Waals surface area contributed by atoms with E-state index in [1.54, 1.807) is 7.11 Å². The molecule has 3 aromatic carbocycles. The molecule has 2 N–H and O–H groups in total. The summed E-state index contributed by atoms with van der Waals surface area (Å²) in [6.07, 6.45) is 3.91. The third kappa shape index (κ3) is 3.66. The number of allylic oxidation sites excluding steroid dienone is 1. The van der Waals surface area contributed by atoms with Crippen LogP contribution in [0.25, 0.3) is 16.7 Å². The molecule has 0 aromatic heterocycles. The van der Waals surface area contributed by atoms with E-state index in [0.717, 1.165) is 39.6 Å². The van der Waals surface area contributed by atoms with Crippen LogP contribution in [0.1, 0.15) is 43.6 Å². The van der Waals surface area contributed by atoms with Crippen LogP contribution < -0.4 is 20.1 Å². The van der Waals surface area contributed by atoms with E-state index in [1.165, 1.54) is 16.7 Å². The second-order valence-electron chi connectivity index (χ2n) is 9.25. The molecule has 2 aliphatic rings. The summed E-state index contributed by atoms with van der Waals surface area (Å²) < 4.78 is 12.5. The second kappa shape index (κ2) is 8.04. The van der Waals surface area contributed by atoms with Gasteiger partial charge in [0.25, 0.3) is 0 Å². The molecule has 0 aliphatic carbocycles. The largest absolute Gasteiger partial charge is 0.496 e. The quantitative estimate of drug-likeness (QED) is 0.419. The lowest BCUT2D eigenvalue weighted by Gasteiger charge is -2.37. The Labute approximate surface area is 195 Å². The van der Waals surface area contributed by atoms with E-state index in [-0.39, 0.29) is 11.6 Å². The number of ether oxygens (including phenoxy) is 2. The first-order chi connectivity index (χ1) is 15.9. The predicted molar refractivity (Wildman–Crippen MR) is 137 cm³/mol. The topological polar surface area (TPSA) is 42.5 Å². The van der Waals surface area contributed by atoms with Gasteiger partial charge in [-0.1, -0.05) is 36.4 Å². The minimum Gasteiger partial charge on any atom is -0.496 e. The van der Waals surface area contributed by atoms with E-state index in [2.05, 4.69) is 80.5 Å². The molecule has 1 unspecified atom stereocenters. The molecule has 4 nitrogen and oxygen atoms in total. The number of anilines is 2. The highest BCUT2D eigenvalue weighted by Gasteiger charge is 2.35. The number of fused-ring (bicyclic) bond motifs is 5. The van der Waals surface area contributed by atoms with Crippen molar-refractivity contribution in [2.24, 2.45) is 0 Å². The third-order valence-electron chi connectivity index (χ3n) is 6.30. The van der Waals surface area contributed by atoms with Gasteiger partial charge >= 0.3 is 0 Å². The molecule has 0 bridgehead atoms. The first-order valence-corrected chi connectivity index (χ1v) is 11.4. The molecule has 168 valence electrons. The van der Waals surface area contributed by atoms with Gasteiger partial charge < -0.3 is 20.1 Å². The van der Waals surface area contributed by atoms with Crippen molar-refractivity contribution in [2.45, 2.75) is 32.4 Å². The molecule has 0 spiro atoms. The number of benzene rings is 3. The Morgan fingerprint density at radius 2 is 1.94 bits per heavy atom. The molecular weight excluding hydrogens is 408 g/mol. The molecule has 0 saturated heterocycles. The van der Waals surface area contributed by atoms with Crippen LogP contribution in [0.2, 0.25) is 0 Å². The van der Waals surface area contributed by atoms with Gasteiger partial charge in [-0.3, -0.25) is 0 Å². The monoisotopic (exact) mass is 438 g/mol. The predicted octanol–water partition coefficient (Wildman–Crippen LogP) is 7.05. The van der Waals surface area contributed by atoms with Crippen LogP contribution in [0.4, 0.5) is 11.4 Å². The number of methoxy groups -OCH3 is 1. The lowest BCUT2D eigenvalue weighted by atomic mass is 9.80. The molecular formula is C29H30N2O2. The summed E-state index contributed by atoms with van der Waals surface area (Å²) in [5.74, 6) is 1.65. The third-order valence-corrected chi connectivity index (χ3v) is 6.30. The number of hydrogen-bond donors (Lipinski definition) is 2. The van der Waals surface area contributed by atoms with Gasteiger partial charge in [-0.15, -0.1) is 6.58 Å². The van der Waals surface area contributed by atoms with Crippen LogP contribution in [0.3, 0.4) is 0 Å². The van der Waals surface area contributed by atoms with Crippen molar-refractivity contribution in [3.63, 3.8) is 0 Å². The molecule has 4 heteroatoms. The first-order valence-electron chi connectivity index (χ1n) is 11.4. The van der Waals surface area contributed by atoms with Gasteiger partial charge in [0.1, 0.15) is 11.5 Å².